The van der Waals surface area contributed by atoms with Crippen molar-refractivity contribution in [1.82, 2.24) is 0 Å². The predicted molar refractivity (Wildman–Crippen MR) is 36.0 cm³/mol. The highest BCUT2D eigenvalue weighted by molar-refractivity contribution is 5.85. The third-order valence-electron chi connectivity index (χ3n) is 0.980. The first kappa shape index (κ1) is 11.9. The van der Waals surface area contributed by atoms with E-state index >= 15 is 0 Å². The standard InChI is InChI=1S/C4H7NO4.ClH/c1-4(2,3(6)7)5(8)9;/h1-2H3,(H,6,7);1H. The van der Waals surface area contributed by atoms with Gasteiger partial charge in [0.05, 0.1) is 0 Å². The van der Waals surface area contributed by atoms with Crippen LogP contribution in [0.3, 0.4) is 0 Å². The highest BCUT2D eigenvalue weighted by Gasteiger charge is 2.39. The van der Waals surface area contributed by atoms with Gasteiger partial charge in [0.1, 0.15) is 0 Å². The fraction of sp³-hybridized carbons (Fsp3) is 0.750. The van der Waals surface area contributed by atoms with Gasteiger partial charge in [0.25, 0.3) is 0 Å². The molecular weight excluding hydrogens is 162 g/mol. The van der Waals surface area contributed by atoms with Crippen LogP contribution in [0.15, 0.2) is 0 Å². The molecule has 0 amide bonds. The fourth-order valence-electron chi connectivity index (χ4n) is 0.0781. The van der Waals surface area contributed by atoms with Gasteiger partial charge in [-0.05, 0) is 0 Å². The predicted octanol–water partition coefficient (Wildman–Crippen LogP) is 0.548. The average Bonchev–Trinajstić information content (AvgIpc) is 1.65. The monoisotopic (exact) mass is 169 g/mol. The van der Waals surface area contributed by atoms with Crippen molar-refractivity contribution < 1.29 is 14.8 Å². The van der Waals surface area contributed by atoms with Crippen LogP contribution >= 0.6 is 12.4 Å². The third-order valence-corrected chi connectivity index (χ3v) is 0.980. The molecule has 60 valence electrons. The van der Waals surface area contributed by atoms with Crippen LogP contribution in [0.2, 0.25) is 0 Å². The number of nitrogens with zero attached hydrogens (tertiary/aromatic N) is 1. The molecule has 0 aromatic heterocycles. The molecule has 0 saturated heterocycles. The Morgan fingerprint density at radius 1 is 1.60 bits per heavy atom. The minimum absolute atomic E-state index is 0. The van der Waals surface area contributed by atoms with Crippen LogP contribution in [0, 0.1) is 10.1 Å². The summed E-state index contributed by atoms with van der Waals surface area (Å²) in [5.41, 5.74) is -1.86. The van der Waals surface area contributed by atoms with Gasteiger partial charge in [0.2, 0.25) is 0 Å². The lowest BCUT2D eigenvalue weighted by molar-refractivity contribution is -0.545. The largest absolute Gasteiger partial charge is 0.476 e. The number of carbonyl (C=O) groups is 1. The summed E-state index contributed by atoms with van der Waals surface area (Å²) in [5.74, 6) is -1.42. The Morgan fingerprint density at radius 3 is 1.90 bits per heavy atom. The Hall–Kier alpha value is -0.840. The van der Waals surface area contributed by atoms with E-state index in [1.165, 1.54) is 0 Å². The first-order valence-corrected chi connectivity index (χ1v) is 2.27. The van der Waals surface area contributed by atoms with Gasteiger partial charge in [-0.1, -0.05) is 0 Å². The molecule has 0 unspecified atom stereocenters. The van der Waals surface area contributed by atoms with Crippen LogP contribution in [-0.2, 0) is 4.79 Å². The lowest BCUT2D eigenvalue weighted by Crippen LogP contribution is -2.39. The molecule has 0 saturated carbocycles. The fourth-order valence-corrected chi connectivity index (χ4v) is 0.0781. The van der Waals surface area contributed by atoms with Gasteiger partial charge in [-0.15, -0.1) is 12.4 Å². The van der Waals surface area contributed by atoms with E-state index in [9.17, 15) is 14.9 Å². The molecule has 6 heteroatoms. The van der Waals surface area contributed by atoms with Crippen LogP contribution < -0.4 is 0 Å². The summed E-state index contributed by atoms with van der Waals surface area (Å²) >= 11 is 0. The van der Waals surface area contributed by atoms with Crippen LogP contribution in [0.1, 0.15) is 13.8 Å². The highest BCUT2D eigenvalue weighted by Crippen LogP contribution is 2.05. The van der Waals surface area contributed by atoms with Crippen molar-refractivity contribution >= 4 is 18.4 Å². The molecule has 0 rings (SSSR count). The molecule has 0 aromatic carbocycles. The summed E-state index contributed by atoms with van der Waals surface area (Å²) in [6.07, 6.45) is 0. The number of aliphatic carboxylic acids is 1. The maximum Gasteiger partial charge on any atom is 0.381 e. The van der Waals surface area contributed by atoms with E-state index in [1.54, 1.807) is 0 Å². The van der Waals surface area contributed by atoms with Crippen molar-refractivity contribution in [2.75, 3.05) is 0 Å². The second-order valence-electron chi connectivity index (χ2n) is 2.12. The number of hydrogen-bond acceptors (Lipinski definition) is 3. The maximum absolute atomic E-state index is 10.0. The molecule has 0 aliphatic carbocycles. The van der Waals surface area contributed by atoms with E-state index in [1.807, 2.05) is 0 Å². The lowest BCUT2D eigenvalue weighted by Gasteiger charge is -2.07. The summed E-state index contributed by atoms with van der Waals surface area (Å²) in [5, 5.41) is 18.1. The topological polar surface area (TPSA) is 80.4 Å². The van der Waals surface area contributed by atoms with Gasteiger partial charge in [0, 0.05) is 18.8 Å². The third kappa shape index (κ3) is 2.18. The number of rotatable bonds is 2. The van der Waals surface area contributed by atoms with Gasteiger partial charge in [-0.3, -0.25) is 10.1 Å². The van der Waals surface area contributed by atoms with E-state index < -0.39 is 16.4 Å². The molecule has 1 N–H and O–H groups in total. The zero-order valence-electron chi connectivity index (χ0n) is 5.53. The van der Waals surface area contributed by atoms with Gasteiger partial charge >= 0.3 is 11.5 Å². The van der Waals surface area contributed by atoms with E-state index in [2.05, 4.69) is 0 Å². The highest BCUT2D eigenvalue weighted by atomic mass is 35.5. The minimum atomic E-state index is -1.86. The van der Waals surface area contributed by atoms with Crippen LogP contribution in [-0.4, -0.2) is 21.5 Å². The summed E-state index contributed by atoms with van der Waals surface area (Å²) in [6.45, 7) is 2.07. The van der Waals surface area contributed by atoms with E-state index in [0.29, 0.717) is 0 Å². The molecule has 0 spiro atoms. The zero-order valence-corrected chi connectivity index (χ0v) is 6.34. The zero-order chi connectivity index (χ0) is 7.65. The van der Waals surface area contributed by atoms with Crippen molar-refractivity contribution in [1.29, 1.82) is 0 Å². The Balaban J connectivity index is 0. The van der Waals surface area contributed by atoms with E-state index in [4.69, 9.17) is 5.11 Å². The Morgan fingerprint density at radius 2 is 1.90 bits per heavy atom. The SMILES string of the molecule is CC(C)(C(=O)O)[N+](=O)[O-].Cl. The van der Waals surface area contributed by atoms with Crippen LogP contribution in [0.25, 0.3) is 0 Å². The second-order valence-corrected chi connectivity index (χ2v) is 2.12. The quantitative estimate of drug-likeness (QED) is 0.484. The van der Waals surface area contributed by atoms with Crippen molar-refractivity contribution in [2.24, 2.45) is 0 Å². The van der Waals surface area contributed by atoms with Crippen LogP contribution in [0.4, 0.5) is 0 Å². The second kappa shape index (κ2) is 3.36. The summed E-state index contributed by atoms with van der Waals surface area (Å²) in [4.78, 5) is 19.1. The van der Waals surface area contributed by atoms with Crippen molar-refractivity contribution in [3.63, 3.8) is 0 Å². The van der Waals surface area contributed by atoms with Crippen molar-refractivity contribution in [2.45, 2.75) is 19.4 Å². The number of carboxylic acid groups (broad SMARTS) is 1. The molecule has 5 nitrogen and oxygen atoms in total. The average molecular weight is 170 g/mol. The van der Waals surface area contributed by atoms with Gasteiger partial charge in [-0.25, -0.2) is 4.79 Å². The van der Waals surface area contributed by atoms with E-state index in [0.717, 1.165) is 13.8 Å². The molecular formula is C4H8ClNO4. The summed E-state index contributed by atoms with van der Waals surface area (Å²) in [6, 6.07) is 0. The van der Waals surface area contributed by atoms with Gasteiger partial charge in [-0.2, -0.15) is 0 Å². The number of carboxylic acids is 1. The van der Waals surface area contributed by atoms with Crippen molar-refractivity contribution in [3.8, 4) is 0 Å². The lowest BCUT2D eigenvalue weighted by atomic mass is 10.1. The Kier molecular flexibility index (Phi) is 4.00. The Bertz CT molecular complexity index is 139. The molecule has 0 aromatic rings. The number of nitro groups is 1. The Labute approximate surface area is 63.6 Å². The molecule has 10 heavy (non-hydrogen) atoms. The normalized spacial score (nSPS) is 9.80. The minimum Gasteiger partial charge on any atom is -0.476 e. The van der Waals surface area contributed by atoms with Gasteiger partial charge in [0.15, 0.2) is 0 Å². The molecule has 0 aliphatic rings. The molecule has 0 bridgehead atoms. The number of hydrogen-bond donors (Lipinski definition) is 1. The molecule has 0 heterocycles. The maximum atomic E-state index is 10.0. The van der Waals surface area contributed by atoms with Gasteiger partial charge < -0.3 is 5.11 Å². The molecule has 0 atom stereocenters. The first-order valence-electron chi connectivity index (χ1n) is 2.27. The van der Waals surface area contributed by atoms with Crippen LogP contribution in [0.5, 0.6) is 0 Å². The molecule has 0 fully saturated rings. The smallest absolute Gasteiger partial charge is 0.381 e. The van der Waals surface area contributed by atoms with Crippen molar-refractivity contribution in [3.05, 3.63) is 10.1 Å². The molecule has 0 aliphatic heterocycles. The number of halogens is 1. The summed E-state index contributed by atoms with van der Waals surface area (Å²) in [7, 11) is 0. The molecule has 0 radical (unpaired) electrons. The summed E-state index contributed by atoms with van der Waals surface area (Å²) < 4.78 is 0. The van der Waals surface area contributed by atoms with E-state index in [-0.39, 0.29) is 12.4 Å². The first-order chi connectivity index (χ1) is 3.89.